The van der Waals surface area contributed by atoms with Crippen LogP contribution in [0, 0.1) is 13.8 Å². The Kier molecular flexibility index (Phi) is 5.56. The first-order valence-corrected chi connectivity index (χ1v) is 8.20. The highest BCUT2D eigenvalue weighted by molar-refractivity contribution is 5.98. The maximum absolute atomic E-state index is 9.46. The molecule has 1 aromatic carbocycles. The summed E-state index contributed by atoms with van der Waals surface area (Å²) in [5.74, 6) is 1.51. The van der Waals surface area contributed by atoms with Crippen molar-refractivity contribution in [3.8, 4) is 11.6 Å². The Morgan fingerprint density at radius 1 is 1.15 bits per heavy atom. The van der Waals surface area contributed by atoms with Crippen molar-refractivity contribution in [1.29, 1.82) is 0 Å². The van der Waals surface area contributed by atoms with Gasteiger partial charge in [0.25, 0.3) is 0 Å². The number of amidine groups is 1. The topological polar surface area (TPSA) is 79.6 Å². The van der Waals surface area contributed by atoms with Crippen molar-refractivity contribution >= 4 is 5.84 Å². The maximum Gasteiger partial charge on any atom is 0.219 e. The van der Waals surface area contributed by atoms with Crippen molar-refractivity contribution in [2.45, 2.75) is 20.4 Å². The Bertz CT molecular complexity index is 911. The average molecular weight is 348 g/mol. The van der Waals surface area contributed by atoms with Crippen LogP contribution in [0.15, 0.2) is 66.0 Å². The lowest BCUT2D eigenvalue weighted by Crippen LogP contribution is -2.20. The largest absolute Gasteiger partial charge is 0.439 e. The highest BCUT2D eigenvalue weighted by Gasteiger charge is 2.07. The van der Waals surface area contributed by atoms with Gasteiger partial charge in [-0.3, -0.25) is 20.7 Å². The van der Waals surface area contributed by atoms with E-state index in [-0.39, 0.29) is 0 Å². The minimum Gasteiger partial charge on any atom is -0.439 e. The zero-order chi connectivity index (χ0) is 18.4. The standard InChI is InChI=1S/C20H20N4O2/c1-14-5-6-18(15(2)10-14)26-19-11-17(7-9-22-19)20(24-25)23-13-16-4-3-8-21-12-16/h3-12,25H,13H2,1-2H3,(H,23,24). The van der Waals surface area contributed by atoms with Crippen LogP contribution >= 0.6 is 0 Å². The van der Waals surface area contributed by atoms with E-state index in [1.807, 2.05) is 38.1 Å². The lowest BCUT2D eigenvalue weighted by atomic mass is 10.1. The van der Waals surface area contributed by atoms with Gasteiger partial charge in [-0.15, -0.1) is 0 Å². The molecule has 3 aromatic rings. The first-order chi connectivity index (χ1) is 12.7. The Morgan fingerprint density at radius 2 is 2.04 bits per heavy atom. The van der Waals surface area contributed by atoms with E-state index >= 15 is 0 Å². The summed E-state index contributed by atoms with van der Waals surface area (Å²) in [7, 11) is 0. The number of rotatable bonds is 5. The molecule has 0 saturated carbocycles. The fourth-order valence-electron chi connectivity index (χ4n) is 2.49. The van der Waals surface area contributed by atoms with Crippen LogP contribution in [0.2, 0.25) is 0 Å². The number of aliphatic imine (C=N–C) groups is 1. The normalized spacial score (nSPS) is 11.3. The van der Waals surface area contributed by atoms with Crippen LogP contribution in [0.1, 0.15) is 22.3 Å². The number of hydrogen-bond acceptors (Lipinski definition) is 5. The molecule has 6 nitrogen and oxygen atoms in total. The van der Waals surface area contributed by atoms with Gasteiger partial charge in [-0.2, -0.15) is 0 Å². The van der Waals surface area contributed by atoms with Gasteiger partial charge in [0.05, 0.1) is 6.54 Å². The Morgan fingerprint density at radius 3 is 2.77 bits per heavy atom. The quantitative estimate of drug-likeness (QED) is 0.416. The second kappa shape index (κ2) is 8.22. The van der Waals surface area contributed by atoms with Crippen molar-refractivity contribution in [1.82, 2.24) is 15.4 Å². The molecule has 132 valence electrons. The zero-order valence-electron chi connectivity index (χ0n) is 14.7. The van der Waals surface area contributed by atoms with E-state index in [1.54, 1.807) is 30.7 Å². The number of pyridine rings is 2. The Balaban J connectivity index is 1.80. The molecule has 0 bridgehead atoms. The van der Waals surface area contributed by atoms with E-state index in [2.05, 4.69) is 26.5 Å². The van der Waals surface area contributed by atoms with Crippen molar-refractivity contribution in [3.63, 3.8) is 0 Å². The molecule has 2 aromatic heterocycles. The average Bonchev–Trinajstić information content (AvgIpc) is 2.66. The molecule has 0 saturated heterocycles. The number of nitrogens with zero attached hydrogens (tertiary/aromatic N) is 3. The molecule has 0 fully saturated rings. The van der Waals surface area contributed by atoms with Gasteiger partial charge in [0.15, 0.2) is 5.84 Å². The molecule has 0 amide bonds. The van der Waals surface area contributed by atoms with E-state index in [0.717, 1.165) is 16.9 Å². The minimum absolute atomic E-state index is 0.335. The van der Waals surface area contributed by atoms with Crippen LogP contribution in [0.25, 0.3) is 0 Å². The summed E-state index contributed by atoms with van der Waals surface area (Å²) in [5.41, 5.74) is 5.97. The third-order valence-electron chi connectivity index (χ3n) is 3.80. The van der Waals surface area contributed by atoms with Crippen LogP contribution in [0.4, 0.5) is 0 Å². The number of aryl methyl sites for hydroxylation is 2. The third-order valence-corrected chi connectivity index (χ3v) is 3.80. The van der Waals surface area contributed by atoms with E-state index < -0.39 is 0 Å². The SMILES string of the molecule is Cc1ccc(Oc2cc(C(=NCc3cccnc3)NO)ccn2)c(C)c1. The van der Waals surface area contributed by atoms with Gasteiger partial charge in [-0.1, -0.05) is 23.8 Å². The summed E-state index contributed by atoms with van der Waals surface area (Å²) in [6.45, 7) is 4.42. The summed E-state index contributed by atoms with van der Waals surface area (Å²) in [5, 5.41) is 9.46. The maximum atomic E-state index is 9.46. The van der Waals surface area contributed by atoms with E-state index in [9.17, 15) is 5.21 Å². The first-order valence-electron chi connectivity index (χ1n) is 8.20. The predicted octanol–water partition coefficient (Wildman–Crippen LogP) is 3.81. The second-order valence-corrected chi connectivity index (χ2v) is 5.89. The number of ether oxygens (including phenoxy) is 1. The summed E-state index contributed by atoms with van der Waals surface area (Å²) >= 11 is 0. The lowest BCUT2D eigenvalue weighted by molar-refractivity contribution is 0.234. The molecule has 0 aliphatic rings. The molecule has 0 atom stereocenters. The van der Waals surface area contributed by atoms with Gasteiger partial charge < -0.3 is 4.74 Å². The molecule has 0 unspecified atom stereocenters. The van der Waals surface area contributed by atoms with Gasteiger partial charge in [0, 0.05) is 30.2 Å². The molecular weight excluding hydrogens is 328 g/mol. The molecule has 0 aliphatic heterocycles. The molecular formula is C20H20N4O2. The number of nitrogens with one attached hydrogen (secondary N) is 1. The minimum atomic E-state index is 0.335. The number of aromatic nitrogens is 2. The van der Waals surface area contributed by atoms with Gasteiger partial charge in [-0.05, 0) is 43.2 Å². The summed E-state index contributed by atoms with van der Waals surface area (Å²) in [4.78, 5) is 12.7. The summed E-state index contributed by atoms with van der Waals surface area (Å²) in [6, 6.07) is 13.2. The Hall–Kier alpha value is -3.25. The third kappa shape index (κ3) is 4.43. The molecule has 0 aliphatic carbocycles. The van der Waals surface area contributed by atoms with Crippen molar-refractivity contribution in [3.05, 3.63) is 83.3 Å². The second-order valence-electron chi connectivity index (χ2n) is 5.89. The van der Waals surface area contributed by atoms with Crippen molar-refractivity contribution < 1.29 is 9.94 Å². The summed E-state index contributed by atoms with van der Waals surface area (Å²) < 4.78 is 5.88. The highest BCUT2D eigenvalue weighted by Crippen LogP contribution is 2.24. The lowest BCUT2D eigenvalue weighted by Gasteiger charge is -2.10. The number of hydrogen-bond donors (Lipinski definition) is 2. The zero-order valence-corrected chi connectivity index (χ0v) is 14.7. The van der Waals surface area contributed by atoms with Crippen LogP contribution in [-0.2, 0) is 6.54 Å². The molecule has 2 N–H and O–H groups in total. The number of hydroxylamine groups is 1. The molecule has 6 heteroatoms. The van der Waals surface area contributed by atoms with Crippen molar-refractivity contribution in [2.24, 2.45) is 4.99 Å². The fourth-order valence-corrected chi connectivity index (χ4v) is 2.49. The van der Waals surface area contributed by atoms with Crippen LogP contribution in [0.5, 0.6) is 11.6 Å². The van der Waals surface area contributed by atoms with Gasteiger partial charge in [0.2, 0.25) is 5.88 Å². The molecule has 3 rings (SSSR count). The fraction of sp³-hybridized carbons (Fsp3) is 0.150. The molecule has 26 heavy (non-hydrogen) atoms. The van der Waals surface area contributed by atoms with E-state index in [1.165, 1.54) is 5.56 Å². The molecule has 2 heterocycles. The predicted molar refractivity (Wildman–Crippen MR) is 99.6 cm³/mol. The molecule has 0 radical (unpaired) electrons. The molecule has 0 spiro atoms. The van der Waals surface area contributed by atoms with Gasteiger partial charge >= 0.3 is 0 Å². The highest BCUT2D eigenvalue weighted by atomic mass is 16.5. The van der Waals surface area contributed by atoms with Gasteiger partial charge in [-0.25, -0.2) is 4.98 Å². The van der Waals surface area contributed by atoms with Crippen LogP contribution < -0.4 is 10.2 Å². The van der Waals surface area contributed by atoms with Crippen LogP contribution in [-0.4, -0.2) is 21.0 Å². The summed E-state index contributed by atoms with van der Waals surface area (Å²) in [6.07, 6.45) is 5.06. The van der Waals surface area contributed by atoms with Crippen LogP contribution in [0.3, 0.4) is 0 Å². The van der Waals surface area contributed by atoms with Crippen molar-refractivity contribution in [2.75, 3.05) is 0 Å². The first kappa shape index (κ1) is 17.6. The Labute approximate surface area is 152 Å². The van der Waals surface area contributed by atoms with E-state index in [4.69, 9.17) is 4.74 Å². The monoisotopic (exact) mass is 348 g/mol. The number of benzene rings is 1. The smallest absolute Gasteiger partial charge is 0.219 e. The van der Waals surface area contributed by atoms with Gasteiger partial charge in [0.1, 0.15) is 5.75 Å². The van der Waals surface area contributed by atoms with E-state index in [0.29, 0.717) is 23.8 Å².